The molecule has 0 saturated carbocycles. The number of aryl methyl sites for hydroxylation is 1. The van der Waals surface area contributed by atoms with Crippen LogP contribution in [0.4, 0.5) is 5.13 Å². The zero-order valence-corrected chi connectivity index (χ0v) is 15.6. The summed E-state index contributed by atoms with van der Waals surface area (Å²) in [6.07, 6.45) is 0. The molecule has 0 spiro atoms. The van der Waals surface area contributed by atoms with E-state index in [0.717, 1.165) is 16.9 Å². The number of amides is 1. The number of hydrogen-bond donors (Lipinski definition) is 1. The second-order valence-corrected chi connectivity index (χ2v) is 6.72. The highest BCUT2D eigenvalue weighted by Gasteiger charge is 2.17. The maximum atomic E-state index is 12.0. The van der Waals surface area contributed by atoms with Crippen molar-refractivity contribution in [3.63, 3.8) is 0 Å². The lowest BCUT2D eigenvalue weighted by molar-refractivity contribution is -0.118. The molecule has 1 aromatic carbocycles. The van der Waals surface area contributed by atoms with Gasteiger partial charge in [-0.05, 0) is 37.5 Å². The Balaban J connectivity index is 1.93. The maximum Gasteiger partial charge on any atom is 0.350 e. The Kier molecular flexibility index (Phi) is 6.52. The van der Waals surface area contributed by atoms with E-state index in [9.17, 15) is 9.59 Å². The molecule has 7 heteroatoms. The lowest BCUT2D eigenvalue weighted by Gasteiger charge is -2.09. The smallest absolute Gasteiger partial charge is 0.350 e. The van der Waals surface area contributed by atoms with Gasteiger partial charge in [-0.3, -0.25) is 10.1 Å². The standard InChI is InChI=1S/C18H22N2O4S/c1-5-23-17(22)16-12(4)19-18(25-16)20-15(21)10-24-14-8-6-7-13(9-14)11(2)3/h6-9,11H,5,10H2,1-4H3,(H,19,20,21). The molecule has 0 fully saturated rings. The van der Waals surface area contributed by atoms with Crippen molar-refractivity contribution in [2.24, 2.45) is 0 Å². The van der Waals surface area contributed by atoms with Crippen molar-refractivity contribution in [2.45, 2.75) is 33.6 Å². The molecular weight excluding hydrogens is 340 g/mol. The lowest BCUT2D eigenvalue weighted by atomic mass is 10.0. The van der Waals surface area contributed by atoms with Crippen LogP contribution in [0, 0.1) is 6.92 Å². The van der Waals surface area contributed by atoms with Crippen LogP contribution in [0.1, 0.15) is 47.6 Å². The van der Waals surface area contributed by atoms with Gasteiger partial charge in [0, 0.05) is 0 Å². The van der Waals surface area contributed by atoms with Crippen LogP contribution in [0.25, 0.3) is 0 Å². The Bertz CT molecular complexity index is 755. The first-order chi connectivity index (χ1) is 11.9. The second-order valence-electron chi connectivity index (χ2n) is 5.72. The summed E-state index contributed by atoms with van der Waals surface area (Å²) in [4.78, 5) is 28.4. The molecule has 0 bridgehead atoms. The zero-order chi connectivity index (χ0) is 18.4. The van der Waals surface area contributed by atoms with E-state index in [-0.39, 0.29) is 12.5 Å². The first-order valence-electron chi connectivity index (χ1n) is 8.07. The summed E-state index contributed by atoms with van der Waals surface area (Å²) in [6, 6.07) is 7.65. The number of nitrogens with zero attached hydrogens (tertiary/aromatic N) is 1. The third-order valence-electron chi connectivity index (χ3n) is 3.40. The van der Waals surface area contributed by atoms with Crippen LogP contribution in [0.3, 0.4) is 0 Å². The van der Waals surface area contributed by atoms with Crippen molar-refractivity contribution in [2.75, 3.05) is 18.5 Å². The van der Waals surface area contributed by atoms with Crippen molar-refractivity contribution < 1.29 is 19.1 Å². The predicted octanol–water partition coefficient (Wildman–Crippen LogP) is 3.77. The summed E-state index contributed by atoms with van der Waals surface area (Å²) in [6.45, 7) is 7.79. The van der Waals surface area contributed by atoms with Gasteiger partial charge in [0.25, 0.3) is 5.91 Å². The van der Waals surface area contributed by atoms with E-state index in [1.807, 2.05) is 24.3 Å². The van der Waals surface area contributed by atoms with Crippen molar-refractivity contribution in [1.82, 2.24) is 4.98 Å². The van der Waals surface area contributed by atoms with Crippen molar-refractivity contribution in [1.29, 1.82) is 0 Å². The number of benzene rings is 1. The largest absolute Gasteiger partial charge is 0.484 e. The first-order valence-corrected chi connectivity index (χ1v) is 8.89. The van der Waals surface area contributed by atoms with Gasteiger partial charge in [-0.2, -0.15) is 0 Å². The quantitative estimate of drug-likeness (QED) is 0.759. The SMILES string of the molecule is CCOC(=O)c1sc(NC(=O)COc2cccc(C(C)C)c2)nc1C. The Labute approximate surface area is 151 Å². The number of nitrogens with one attached hydrogen (secondary N) is 1. The average Bonchev–Trinajstić information content (AvgIpc) is 2.94. The second kappa shape index (κ2) is 8.62. The number of ether oxygens (including phenoxy) is 2. The fraction of sp³-hybridized carbons (Fsp3) is 0.389. The highest BCUT2D eigenvalue weighted by atomic mass is 32.1. The fourth-order valence-corrected chi connectivity index (χ4v) is 2.98. The minimum atomic E-state index is -0.431. The van der Waals surface area contributed by atoms with Crippen LogP contribution in [0.5, 0.6) is 5.75 Å². The van der Waals surface area contributed by atoms with Gasteiger partial charge in [0.15, 0.2) is 11.7 Å². The number of aromatic nitrogens is 1. The number of rotatable bonds is 7. The summed E-state index contributed by atoms with van der Waals surface area (Å²) < 4.78 is 10.5. The Morgan fingerprint density at radius 2 is 2.08 bits per heavy atom. The van der Waals surface area contributed by atoms with Gasteiger partial charge in [-0.1, -0.05) is 37.3 Å². The van der Waals surface area contributed by atoms with Gasteiger partial charge >= 0.3 is 5.97 Å². The van der Waals surface area contributed by atoms with Crippen molar-refractivity contribution in [3.05, 3.63) is 40.4 Å². The molecule has 0 radical (unpaired) electrons. The molecule has 0 aliphatic heterocycles. The predicted molar refractivity (Wildman–Crippen MR) is 97.5 cm³/mol. The molecule has 1 amide bonds. The zero-order valence-electron chi connectivity index (χ0n) is 14.8. The molecule has 1 heterocycles. The van der Waals surface area contributed by atoms with E-state index in [2.05, 4.69) is 24.1 Å². The monoisotopic (exact) mass is 362 g/mol. The molecule has 6 nitrogen and oxygen atoms in total. The number of hydrogen-bond acceptors (Lipinski definition) is 6. The molecule has 0 aliphatic rings. The molecule has 1 aromatic heterocycles. The molecule has 0 atom stereocenters. The Morgan fingerprint density at radius 1 is 1.32 bits per heavy atom. The van der Waals surface area contributed by atoms with E-state index in [0.29, 0.717) is 34.0 Å². The van der Waals surface area contributed by atoms with Crippen LogP contribution in [0.2, 0.25) is 0 Å². The summed E-state index contributed by atoms with van der Waals surface area (Å²) >= 11 is 1.09. The molecule has 2 rings (SSSR count). The number of thiazole rings is 1. The van der Waals surface area contributed by atoms with Crippen LogP contribution < -0.4 is 10.1 Å². The molecule has 1 N–H and O–H groups in total. The number of esters is 1. The normalized spacial score (nSPS) is 10.6. The highest BCUT2D eigenvalue weighted by Crippen LogP contribution is 2.24. The summed E-state index contributed by atoms with van der Waals surface area (Å²) in [5.74, 6) is 0.264. The summed E-state index contributed by atoms with van der Waals surface area (Å²) in [5.41, 5.74) is 1.68. The van der Waals surface area contributed by atoms with Crippen molar-refractivity contribution in [3.8, 4) is 5.75 Å². The highest BCUT2D eigenvalue weighted by molar-refractivity contribution is 7.17. The molecule has 25 heavy (non-hydrogen) atoms. The molecule has 0 unspecified atom stereocenters. The van der Waals surface area contributed by atoms with E-state index in [1.165, 1.54) is 0 Å². The van der Waals surface area contributed by atoms with Crippen molar-refractivity contribution >= 4 is 28.3 Å². The molecule has 0 saturated heterocycles. The molecule has 134 valence electrons. The third-order valence-corrected chi connectivity index (χ3v) is 4.45. The van der Waals surface area contributed by atoms with E-state index >= 15 is 0 Å². The van der Waals surface area contributed by atoms with E-state index in [4.69, 9.17) is 9.47 Å². The minimum absolute atomic E-state index is 0.130. The first kappa shape index (κ1) is 18.9. The molecule has 0 aliphatic carbocycles. The Hall–Kier alpha value is -2.41. The van der Waals surface area contributed by atoms with Gasteiger partial charge in [-0.25, -0.2) is 9.78 Å². The van der Waals surface area contributed by atoms with Gasteiger partial charge in [0.1, 0.15) is 10.6 Å². The average molecular weight is 362 g/mol. The van der Waals surface area contributed by atoms with E-state index < -0.39 is 5.97 Å². The van der Waals surface area contributed by atoms with Gasteiger partial charge in [0.05, 0.1) is 12.3 Å². The molecule has 2 aromatic rings. The fourth-order valence-electron chi connectivity index (χ4n) is 2.10. The lowest BCUT2D eigenvalue weighted by Crippen LogP contribution is -2.20. The van der Waals surface area contributed by atoms with Crippen LogP contribution in [-0.2, 0) is 9.53 Å². The minimum Gasteiger partial charge on any atom is -0.484 e. The third kappa shape index (κ3) is 5.29. The summed E-state index contributed by atoms with van der Waals surface area (Å²) in [7, 11) is 0. The van der Waals surface area contributed by atoms with E-state index in [1.54, 1.807) is 13.8 Å². The Morgan fingerprint density at radius 3 is 2.76 bits per heavy atom. The molecular formula is C18H22N2O4S. The van der Waals surface area contributed by atoms with Gasteiger partial charge in [0.2, 0.25) is 0 Å². The number of carbonyl (C=O) groups is 2. The van der Waals surface area contributed by atoms with Gasteiger partial charge < -0.3 is 9.47 Å². The van der Waals surface area contributed by atoms with Crippen LogP contribution in [-0.4, -0.2) is 30.1 Å². The van der Waals surface area contributed by atoms with Gasteiger partial charge in [-0.15, -0.1) is 0 Å². The summed E-state index contributed by atoms with van der Waals surface area (Å²) in [5, 5.41) is 3.00. The van der Waals surface area contributed by atoms with Crippen LogP contribution in [0.15, 0.2) is 24.3 Å². The topological polar surface area (TPSA) is 77.5 Å². The number of anilines is 1. The maximum absolute atomic E-state index is 12.0. The number of carbonyl (C=O) groups excluding carboxylic acids is 2. The van der Waals surface area contributed by atoms with Crippen LogP contribution >= 0.6 is 11.3 Å².